The van der Waals surface area contributed by atoms with Crippen LogP contribution in [-0.2, 0) is 9.31 Å². The summed E-state index contributed by atoms with van der Waals surface area (Å²) in [4.78, 5) is 8.42. The second-order valence-corrected chi connectivity index (χ2v) is 6.37. The molecule has 0 bridgehead atoms. The van der Waals surface area contributed by atoms with Crippen molar-refractivity contribution in [3.8, 4) is 0 Å². The molecule has 0 N–H and O–H groups in total. The van der Waals surface area contributed by atoms with E-state index < -0.39 is 0 Å². The molecule has 0 saturated carbocycles. The number of hydrogen-bond donors (Lipinski definition) is 0. The van der Waals surface area contributed by atoms with E-state index in [0.29, 0.717) is 0 Å². The topological polar surface area (TPSA) is 48.6 Å². The number of rotatable bonds is 2. The van der Waals surface area contributed by atoms with Crippen molar-refractivity contribution in [3.05, 3.63) is 36.5 Å². The fourth-order valence-corrected chi connectivity index (χ4v) is 2.27. The quantitative estimate of drug-likeness (QED) is 0.785. The molecule has 0 amide bonds. The van der Waals surface area contributed by atoms with Crippen LogP contribution in [0.4, 0.5) is 0 Å². The summed E-state index contributed by atoms with van der Waals surface area (Å²) in [7, 11) is -0.342. The van der Waals surface area contributed by atoms with E-state index >= 15 is 0 Å². The van der Waals surface area contributed by atoms with E-state index in [1.54, 1.807) is 12.5 Å². The maximum absolute atomic E-state index is 6.07. The standard InChI is InChI=1S/C15H20BN3O2/c1-14(2)15(3,4)21-16(20-14)12-5-6-13(10-18-9-12)19-8-7-17-11-19/h6-11H,5H2,1-4H3. The van der Waals surface area contributed by atoms with E-state index in [9.17, 15) is 0 Å². The van der Waals surface area contributed by atoms with E-state index in [1.807, 2.05) is 23.2 Å². The maximum Gasteiger partial charge on any atom is 0.492 e. The van der Waals surface area contributed by atoms with Crippen molar-refractivity contribution in [2.45, 2.75) is 45.3 Å². The van der Waals surface area contributed by atoms with Crippen molar-refractivity contribution in [3.63, 3.8) is 0 Å². The molecular weight excluding hydrogens is 265 g/mol. The lowest BCUT2D eigenvalue weighted by atomic mass is 9.77. The Morgan fingerprint density at radius 2 is 1.90 bits per heavy atom. The van der Waals surface area contributed by atoms with Crippen LogP contribution in [0.25, 0.3) is 5.70 Å². The van der Waals surface area contributed by atoms with Crippen molar-refractivity contribution in [2.24, 2.45) is 4.99 Å². The van der Waals surface area contributed by atoms with Crippen LogP contribution in [0.15, 0.2) is 41.5 Å². The van der Waals surface area contributed by atoms with Crippen LogP contribution < -0.4 is 0 Å². The van der Waals surface area contributed by atoms with Gasteiger partial charge in [-0.2, -0.15) is 0 Å². The molecule has 1 fully saturated rings. The second-order valence-electron chi connectivity index (χ2n) is 6.37. The monoisotopic (exact) mass is 285 g/mol. The molecule has 1 aromatic rings. The van der Waals surface area contributed by atoms with Gasteiger partial charge in [0.2, 0.25) is 0 Å². The molecule has 1 saturated heterocycles. The van der Waals surface area contributed by atoms with Gasteiger partial charge in [0, 0.05) is 18.6 Å². The van der Waals surface area contributed by atoms with Crippen molar-refractivity contribution < 1.29 is 9.31 Å². The zero-order valence-corrected chi connectivity index (χ0v) is 12.9. The Kier molecular flexibility index (Phi) is 3.38. The summed E-state index contributed by atoms with van der Waals surface area (Å²) in [5.74, 6) is 0. The van der Waals surface area contributed by atoms with Crippen LogP contribution in [-0.4, -0.2) is 34.1 Å². The normalized spacial score (nSPS) is 23.7. The molecule has 110 valence electrons. The van der Waals surface area contributed by atoms with Crippen molar-refractivity contribution >= 4 is 19.0 Å². The van der Waals surface area contributed by atoms with Gasteiger partial charge in [0.05, 0.1) is 29.4 Å². The van der Waals surface area contributed by atoms with E-state index in [4.69, 9.17) is 9.31 Å². The fraction of sp³-hybridized carbons (Fsp3) is 0.467. The average molecular weight is 285 g/mol. The molecule has 6 heteroatoms. The first-order valence-electron chi connectivity index (χ1n) is 7.15. The highest BCUT2D eigenvalue weighted by atomic mass is 16.7. The zero-order valence-electron chi connectivity index (χ0n) is 12.9. The molecule has 0 spiro atoms. The molecule has 0 aromatic carbocycles. The zero-order chi connectivity index (χ0) is 15.1. The summed E-state index contributed by atoms with van der Waals surface area (Å²) >= 11 is 0. The molecule has 3 rings (SSSR count). The summed E-state index contributed by atoms with van der Waals surface area (Å²) in [6, 6.07) is 0. The third kappa shape index (κ3) is 2.61. The van der Waals surface area contributed by atoms with Gasteiger partial charge in [-0.25, -0.2) is 4.98 Å². The minimum Gasteiger partial charge on any atom is -0.400 e. The summed E-state index contributed by atoms with van der Waals surface area (Å²) in [6.45, 7) is 8.22. The fourth-order valence-electron chi connectivity index (χ4n) is 2.27. The third-order valence-electron chi connectivity index (χ3n) is 4.35. The first-order chi connectivity index (χ1) is 9.89. The van der Waals surface area contributed by atoms with Gasteiger partial charge in [-0.15, -0.1) is 0 Å². The lowest BCUT2D eigenvalue weighted by molar-refractivity contribution is 0.00578. The SMILES string of the molecule is CC1(C)OB(C2=CN=CC(n3ccnc3)=CC2)OC1(C)C. The number of imidazole rings is 1. The van der Waals surface area contributed by atoms with Crippen molar-refractivity contribution in [1.29, 1.82) is 0 Å². The van der Waals surface area contributed by atoms with Gasteiger partial charge < -0.3 is 13.9 Å². The summed E-state index contributed by atoms with van der Waals surface area (Å²) in [5, 5.41) is 0. The first-order valence-corrected chi connectivity index (χ1v) is 7.15. The van der Waals surface area contributed by atoms with Gasteiger partial charge in [0.25, 0.3) is 0 Å². The predicted molar refractivity (Wildman–Crippen MR) is 83.8 cm³/mol. The van der Waals surface area contributed by atoms with Crippen LogP contribution in [0.5, 0.6) is 0 Å². The number of aromatic nitrogens is 2. The van der Waals surface area contributed by atoms with Crippen LogP contribution in [0.1, 0.15) is 34.1 Å². The summed E-state index contributed by atoms with van der Waals surface area (Å²) in [5.41, 5.74) is 1.37. The number of allylic oxidation sites excluding steroid dienone is 3. The molecule has 21 heavy (non-hydrogen) atoms. The van der Waals surface area contributed by atoms with Gasteiger partial charge in [-0.05, 0) is 39.6 Å². The minimum absolute atomic E-state index is 0.328. The van der Waals surface area contributed by atoms with E-state index in [0.717, 1.165) is 17.6 Å². The van der Waals surface area contributed by atoms with Crippen LogP contribution >= 0.6 is 0 Å². The third-order valence-corrected chi connectivity index (χ3v) is 4.35. The Morgan fingerprint density at radius 3 is 2.52 bits per heavy atom. The van der Waals surface area contributed by atoms with Crippen molar-refractivity contribution in [1.82, 2.24) is 9.55 Å². The molecule has 3 heterocycles. The first kappa shape index (κ1) is 14.3. The smallest absolute Gasteiger partial charge is 0.400 e. The highest BCUT2D eigenvalue weighted by molar-refractivity contribution is 6.54. The Bertz CT molecular complexity index is 599. The molecule has 5 nitrogen and oxygen atoms in total. The summed E-state index contributed by atoms with van der Waals surface area (Å²) in [6.07, 6.45) is 11.9. The Labute approximate surface area is 125 Å². The molecule has 2 aliphatic heterocycles. The Hall–Kier alpha value is -1.66. The van der Waals surface area contributed by atoms with Crippen LogP contribution in [0.3, 0.4) is 0 Å². The molecule has 1 aromatic heterocycles. The van der Waals surface area contributed by atoms with Crippen LogP contribution in [0, 0.1) is 0 Å². The van der Waals surface area contributed by atoms with E-state index in [2.05, 4.69) is 43.7 Å². The Morgan fingerprint density at radius 1 is 1.19 bits per heavy atom. The molecule has 0 aliphatic carbocycles. The molecule has 0 radical (unpaired) electrons. The van der Waals surface area contributed by atoms with Gasteiger partial charge in [-0.1, -0.05) is 6.08 Å². The van der Waals surface area contributed by atoms with E-state index in [1.165, 1.54) is 0 Å². The Balaban J connectivity index is 1.78. The van der Waals surface area contributed by atoms with Crippen molar-refractivity contribution in [2.75, 3.05) is 0 Å². The molecule has 2 aliphatic rings. The van der Waals surface area contributed by atoms with Gasteiger partial charge in [0.15, 0.2) is 0 Å². The van der Waals surface area contributed by atoms with Gasteiger partial charge in [0.1, 0.15) is 0 Å². The van der Waals surface area contributed by atoms with Gasteiger partial charge in [-0.3, -0.25) is 4.99 Å². The summed E-state index contributed by atoms with van der Waals surface area (Å²) < 4.78 is 14.1. The molecule has 0 atom stereocenters. The maximum atomic E-state index is 6.07. The highest BCUT2D eigenvalue weighted by Gasteiger charge is 2.52. The average Bonchev–Trinajstić information content (AvgIpc) is 2.90. The second kappa shape index (κ2) is 4.96. The van der Waals surface area contributed by atoms with Gasteiger partial charge >= 0.3 is 7.12 Å². The number of aliphatic imine (C=N–C) groups is 1. The molecule has 0 unspecified atom stereocenters. The number of nitrogens with zero attached hydrogens (tertiary/aromatic N) is 3. The van der Waals surface area contributed by atoms with Crippen LogP contribution in [0.2, 0.25) is 0 Å². The lowest BCUT2D eigenvalue weighted by Crippen LogP contribution is -2.41. The predicted octanol–water partition coefficient (Wildman–Crippen LogP) is 2.71. The lowest BCUT2D eigenvalue weighted by Gasteiger charge is -2.32. The minimum atomic E-state index is -0.342. The van der Waals surface area contributed by atoms with E-state index in [-0.39, 0.29) is 18.3 Å². The highest BCUT2D eigenvalue weighted by Crippen LogP contribution is 2.39. The number of hydrogen-bond acceptors (Lipinski definition) is 4. The largest absolute Gasteiger partial charge is 0.492 e. The molecular formula is C15H20BN3O2.